The van der Waals surface area contributed by atoms with Gasteiger partial charge < -0.3 is 14.8 Å². The Kier molecular flexibility index (Phi) is 7.56. The zero-order valence-corrected chi connectivity index (χ0v) is 19.1. The van der Waals surface area contributed by atoms with E-state index in [1.165, 1.54) is 23.5 Å². The predicted molar refractivity (Wildman–Crippen MR) is 119 cm³/mol. The average molecular weight is 447 g/mol. The lowest BCUT2D eigenvalue weighted by atomic mass is 10.1. The molecule has 168 valence electrons. The van der Waals surface area contributed by atoms with Gasteiger partial charge in [0.25, 0.3) is 5.91 Å². The van der Waals surface area contributed by atoms with Gasteiger partial charge in [-0.1, -0.05) is 25.0 Å². The summed E-state index contributed by atoms with van der Waals surface area (Å²) in [5.74, 6) is 0.628. The summed E-state index contributed by atoms with van der Waals surface area (Å²) in [5.41, 5.74) is 1.19. The number of carbonyl (C=O) groups is 1. The lowest BCUT2D eigenvalue weighted by molar-refractivity contribution is 0.0939. The van der Waals surface area contributed by atoms with Crippen LogP contribution in [0, 0.1) is 0 Å². The van der Waals surface area contributed by atoms with Gasteiger partial charge in [0.2, 0.25) is 10.0 Å². The van der Waals surface area contributed by atoms with Gasteiger partial charge in [-0.05, 0) is 55.7 Å². The molecule has 2 aromatic carbocycles. The Hall–Kier alpha value is -2.58. The first-order chi connectivity index (χ1) is 14.9. The number of sulfonamides is 1. The van der Waals surface area contributed by atoms with Gasteiger partial charge in [-0.25, -0.2) is 8.42 Å². The zero-order chi connectivity index (χ0) is 22.4. The minimum absolute atomic E-state index is 0.0293. The van der Waals surface area contributed by atoms with Gasteiger partial charge in [0.15, 0.2) is 0 Å². The molecular weight excluding hydrogens is 416 g/mol. The summed E-state index contributed by atoms with van der Waals surface area (Å²) >= 11 is 0. The lowest BCUT2D eigenvalue weighted by Gasteiger charge is -2.22. The van der Waals surface area contributed by atoms with Crippen molar-refractivity contribution in [2.45, 2.75) is 43.5 Å². The van der Waals surface area contributed by atoms with E-state index in [2.05, 4.69) is 5.32 Å². The van der Waals surface area contributed by atoms with Crippen molar-refractivity contribution in [3.05, 3.63) is 53.6 Å². The molecule has 1 fully saturated rings. The fourth-order valence-electron chi connectivity index (χ4n) is 3.70. The fraction of sp³-hybridized carbons (Fsp3) is 0.435. The van der Waals surface area contributed by atoms with E-state index in [0.29, 0.717) is 13.1 Å². The molecule has 1 atom stereocenters. The normalized spacial score (nSPS) is 16.2. The van der Waals surface area contributed by atoms with E-state index in [-0.39, 0.29) is 28.2 Å². The number of hydrogen-bond acceptors (Lipinski definition) is 5. The molecule has 0 bridgehead atoms. The van der Waals surface area contributed by atoms with Crippen LogP contribution in [0.3, 0.4) is 0 Å². The van der Waals surface area contributed by atoms with Crippen molar-refractivity contribution in [3.63, 3.8) is 0 Å². The topological polar surface area (TPSA) is 84.9 Å². The smallest absolute Gasteiger partial charge is 0.251 e. The summed E-state index contributed by atoms with van der Waals surface area (Å²) in [4.78, 5) is 12.9. The maximum Gasteiger partial charge on any atom is 0.251 e. The number of ether oxygens (including phenoxy) is 2. The minimum Gasteiger partial charge on any atom is -0.497 e. The van der Waals surface area contributed by atoms with E-state index in [9.17, 15) is 13.2 Å². The van der Waals surface area contributed by atoms with E-state index in [1.807, 2.05) is 31.2 Å². The summed E-state index contributed by atoms with van der Waals surface area (Å²) in [7, 11) is -0.727. The van der Waals surface area contributed by atoms with Crippen LogP contribution in [0.25, 0.3) is 0 Å². The molecule has 1 aliphatic heterocycles. The second kappa shape index (κ2) is 10.2. The maximum absolute atomic E-state index is 13.3. The number of amides is 1. The van der Waals surface area contributed by atoms with Crippen molar-refractivity contribution >= 4 is 15.9 Å². The highest BCUT2D eigenvalue weighted by molar-refractivity contribution is 7.89. The highest BCUT2D eigenvalue weighted by atomic mass is 32.2. The summed E-state index contributed by atoms with van der Waals surface area (Å²) in [6.07, 6.45) is 3.71. The number of nitrogens with one attached hydrogen (secondary N) is 1. The molecule has 0 saturated carbocycles. The van der Waals surface area contributed by atoms with E-state index in [4.69, 9.17) is 9.47 Å². The summed E-state index contributed by atoms with van der Waals surface area (Å²) < 4.78 is 38.6. The first kappa shape index (κ1) is 23.1. The van der Waals surface area contributed by atoms with Crippen LogP contribution < -0.4 is 14.8 Å². The summed E-state index contributed by atoms with van der Waals surface area (Å²) in [6, 6.07) is 11.7. The van der Waals surface area contributed by atoms with Crippen LogP contribution in [-0.2, 0) is 10.0 Å². The molecule has 2 aromatic rings. The van der Waals surface area contributed by atoms with E-state index >= 15 is 0 Å². The number of rotatable bonds is 7. The third-order valence-electron chi connectivity index (χ3n) is 5.57. The van der Waals surface area contributed by atoms with Crippen molar-refractivity contribution < 1.29 is 22.7 Å². The van der Waals surface area contributed by atoms with Crippen molar-refractivity contribution in [2.24, 2.45) is 0 Å². The van der Waals surface area contributed by atoms with Gasteiger partial charge in [-0.3, -0.25) is 4.79 Å². The monoisotopic (exact) mass is 446 g/mol. The number of methoxy groups -OCH3 is 2. The Balaban J connectivity index is 1.84. The number of carbonyl (C=O) groups excluding carboxylic acids is 1. The molecule has 7 nitrogen and oxygen atoms in total. The molecule has 0 radical (unpaired) electrons. The van der Waals surface area contributed by atoms with Gasteiger partial charge >= 0.3 is 0 Å². The Morgan fingerprint density at radius 1 is 0.968 bits per heavy atom. The number of nitrogens with zero attached hydrogens (tertiary/aromatic N) is 1. The third-order valence-corrected chi connectivity index (χ3v) is 7.49. The largest absolute Gasteiger partial charge is 0.497 e. The van der Waals surface area contributed by atoms with Crippen LogP contribution in [0.1, 0.15) is 54.6 Å². The predicted octanol–water partition coefficient (Wildman–Crippen LogP) is 3.76. The Morgan fingerprint density at radius 3 is 2.19 bits per heavy atom. The summed E-state index contributed by atoms with van der Waals surface area (Å²) in [6.45, 7) is 2.84. The van der Waals surface area contributed by atoms with Gasteiger partial charge in [0.05, 0.1) is 20.3 Å². The van der Waals surface area contributed by atoms with Crippen LogP contribution in [0.2, 0.25) is 0 Å². The van der Waals surface area contributed by atoms with E-state index < -0.39 is 10.0 Å². The Morgan fingerprint density at radius 2 is 1.61 bits per heavy atom. The molecule has 3 rings (SSSR count). The van der Waals surface area contributed by atoms with Crippen LogP contribution >= 0.6 is 0 Å². The summed E-state index contributed by atoms with van der Waals surface area (Å²) in [5, 5.41) is 2.93. The Labute approximate surface area is 184 Å². The van der Waals surface area contributed by atoms with Crippen LogP contribution in [-0.4, -0.2) is 45.9 Å². The molecule has 1 heterocycles. The molecule has 31 heavy (non-hydrogen) atoms. The minimum atomic E-state index is -3.76. The molecule has 0 aromatic heterocycles. The average Bonchev–Trinajstić information content (AvgIpc) is 3.09. The van der Waals surface area contributed by atoms with Gasteiger partial charge in [-0.15, -0.1) is 0 Å². The van der Waals surface area contributed by atoms with Gasteiger partial charge in [0.1, 0.15) is 16.4 Å². The zero-order valence-electron chi connectivity index (χ0n) is 18.3. The third kappa shape index (κ3) is 5.37. The molecule has 8 heteroatoms. The highest BCUT2D eigenvalue weighted by Crippen LogP contribution is 2.29. The molecule has 1 saturated heterocycles. The molecule has 1 N–H and O–H groups in total. The quantitative estimate of drug-likeness (QED) is 0.700. The first-order valence-corrected chi connectivity index (χ1v) is 11.9. The van der Waals surface area contributed by atoms with Crippen molar-refractivity contribution in [3.8, 4) is 11.5 Å². The molecule has 0 aliphatic carbocycles. The number of hydrogen-bond donors (Lipinski definition) is 1. The molecule has 0 spiro atoms. The molecule has 1 aliphatic rings. The fourth-order valence-corrected chi connectivity index (χ4v) is 5.40. The van der Waals surface area contributed by atoms with Crippen LogP contribution in [0.4, 0.5) is 0 Å². The standard InChI is InChI=1S/C23H30N2O5S/c1-17(18-8-11-20(29-2)12-9-18)24-23(26)19-10-13-21(30-3)22(16-19)31(27,28)25-14-6-4-5-7-15-25/h8-13,16-17H,4-7,14-15H2,1-3H3,(H,24,26). The van der Waals surface area contributed by atoms with Crippen LogP contribution in [0.5, 0.6) is 11.5 Å². The van der Waals surface area contributed by atoms with Crippen molar-refractivity contribution in [1.29, 1.82) is 0 Å². The number of benzene rings is 2. The molecular formula is C23H30N2O5S. The van der Waals surface area contributed by atoms with Crippen molar-refractivity contribution in [2.75, 3.05) is 27.3 Å². The molecule has 1 amide bonds. The maximum atomic E-state index is 13.3. The SMILES string of the molecule is COc1ccc(C(C)NC(=O)c2ccc(OC)c(S(=O)(=O)N3CCCCCC3)c2)cc1. The van der Waals surface area contributed by atoms with Gasteiger partial charge in [0, 0.05) is 18.7 Å². The van der Waals surface area contributed by atoms with Crippen molar-refractivity contribution in [1.82, 2.24) is 9.62 Å². The second-order valence-electron chi connectivity index (χ2n) is 7.65. The van der Waals surface area contributed by atoms with Gasteiger partial charge in [-0.2, -0.15) is 4.31 Å². The Bertz CT molecular complexity index is 997. The molecule has 1 unspecified atom stereocenters. The lowest BCUT2D eigenvalue weighted by Crippen LogP contribution is -2.32. The van der Waals surface area contributed by atoms with E-state index in [0.717, 1.165) is 37.0 Å². The second-order valence-corrected chi connectivity index (χ2v) is 9.56. The first-order valence-electron chi connectivity index (χ1n) is 10.5. The van der Waals surface area contributed by atoms with E-state index in [1.54, 1.807) is 13.2 Å². The van der Waals surface area contributed by atoms with Crippen LogP contribution in [0.15, 0.2) is 47.4 Å². The highest BCUT2D eigenvalue weighted by Gasteiger charge is 2.29.